The molecule has 1 aliphatic heterocycles. The van der Waals surface area contributed by atoms with Gasteiger partial charge >= 0.3 is 6.18 Å². The first-order valence-electron chi connectivity index (χ1n) is 8.02. The molecule has 1 heterocycles. The normalized spacial score (nSPS) is 31.9. The van der Waals surface area contributed by atoms with Gasteiger partial charge in [0.2, 0.25) is 0 Å². The lowest BCUT2D eigenvalue weighted by Gasteiger charge is -2.39. The Balaban J connectivity index is 1.82. The SMILES string of the molecule is C[C@H](N[C@@H]1CCC[C@@H](C(F)(F)F)C1)[C@H](C)N1CCOCC1. The molecule has 1 saturated carbocycles. The molecule has 0 radical (unpaired) electrons. The fourth-order valence-corrected chi connectivity index (χ4v) is 3.45. The van der Waals surface area contributed by atoms with Gasteiger partial charge in [-0.15, -0.1) is 0 Å². The van der Waals surface area contributed by atoms with E-state index < -0.39 is 12.1 Å². The summed E-state index contributed by atoms with van der Waals surface area (Å²) in [6.45, 7) is 7.53. The topological polar surface area (TPSA) is 24.5 Å². The van der Waals surface area contributed by atoms with Gasteiger partial charge in [-0.25, -0.2) is 0 Å². The van der Waals surface area contributed by atoms with Crippen LogP contribution in [0.1, 0.15) is 39.5 Å². The van der Waals surface area contributed by atoms with E-state index in [2.05, 4.69) is 24.1 Å². The van der Waals surface area contributed by atoms with Crippen LogP contribution in [-0.2, 0) is 4.74 Å². The molecule has 0 aromatic rings. The Morgan fingerprint density at radius 2 is 1.81 bits per heavy atom. The standard InChI is InChI=1S/C15H27F3N2O/c1-11(12(2)20-6-8-21-9-7-20)19-14-5-3-4-13(10-14)15(16,17)18/h11-14,19H,3-10H2,1-2H3/t11-,12-,13+,14+/m0/s1. The van der Waals surface area contributed by atoms with Crippen LogP contribution in [0.4, 0.5) is 13.2 Å². The lowest BCUT2D eigenvalue weighted by molar-refractivity contribution is -0.184. The van der Waals surface area contributed by atoms with Crippen LogP contribution in [0.15, 0.2) is 0 Å². The smallest absolute Gasteiger partial charge is 0.379 e. The van der Waals surface area contributed by atoms with Crippen molar-refractivity contribution >= 4 is 0 Å². The summed E-state index contributed by atoms with van der Waals surface area (Å²) >= 11 is 0. The summed E-state index contributed by atoms with van der Waals surface area (Å²) in [7, 11) is 0. The van der Waals surface area contributed by atoms with Crippen LogP contribution in [0.3, 0.4) is 0 Å². The maximum atomic E-state index is 12.9. The second kappa shape index (κ2) is 7.29. The molecule has 0 bridgehead atoms. The maximum Gasteiger partial charge on any atom is 0.391 e. The van der Waals surface area contributed by atoms with Gasteiger partial charge in [-0.05, 0) is 33.1 Å². The average molecular weight is 308 g/mol. The second-order valence-electron chi connectivity index (χ2n) is 6.45. The highest BCUT2D eigenvalue weighted by molar-refractivity contribution is 4.87. The molecule has 2 rings (SSSR count). The molecule has 3 nitrogen and oxygen atoms in total. The minimum Gasteiger partial charge on any atom is -0.379 e. The van der Waals surface area contributed by atoms with Crippen LogP contribution < -0.4 is 5.32 Å². The summed E-state index contributed by atoms with van der Waals surface area (Å²) in [6, 6.07) is 0.504. The van der Waals surface area contributed by atoms with E-state index in [1.165, 1.54) is 0 Å². The molecule has 21 heavy (non-hydrogen) atoms. The second-order valence-corrected chi connectivity index (χ2v) is 6.45. The van der Waals surface area contributed by atoms with Gasteiger partial charge in [-0.2, -0.15) is 13.2 Å². The van der Waals surface area contributed by atoms with Gasteiger partial charge in [0.1, 0.15) is 0 Å². The Kier molecular flexibility index (Phi) is 5.91. The molecule has 6 heteroatoms. The Morgan fingerprint density at radius 1 is 1.14 bits per heavy atom. The number of morpholine rings is 1. The lowest BCUT2D eigenvalue weighted by atomic mass is 9.84. The highest BCUT2D eigenvalue weighted by atomic mass is 19.4. The predicted molar refractivity (Wildman–Crippen MR) is 76.3 cm³/mol. The Hall–Kier alpha value is -0.330. The van der Waals surface area contributed by atoms with Gasteiger partial charge in [-0.3, -0.25) is 4.90 Å². The minimum atomic E-state index is -4.04. The van der Waals surface area contributed by atoms with E-state index >= 15 is 0 Å². The molecule has 0 unspecified atom stereocenters. The first-order valence-corrected chi connectivity index (χ1v) is 8.02. The van der Waals surface area contributed by atoms with E-state index in [-0.39, 0.29) is 24.9 Å². The van der Waals surface area contributed by atoms with Gasteiger partial charge < -0.3 is 10.1 Å². The number of ether oxygens (including phenoxy) is 1. The molecule has 1 aliphatic carbocycles. The molecule has 2 fully saturated rings. The summed E-state index contributed by atoms with van der Waals surface area (Å²) in [5.74, 6) is -1.13. The minimum absolute atomic E-state index is 0.0103. The fraction of sp³-hybridized carbons (Fsp3) is 1.00. The van der Waals surface area contributed by atoms with Gasteiger partial charge in [0.25, 0.3) is 0 Å². The van der Waals surface area contributed by atoms with Crippen molar-refractivity contribution in [3.8, 4) is 0 Å². The van der Waals surface area contributed by atoms with E-state index in [1.54, 1.807) is 0 Å². The fourth-order valence-electron chi connectivity index (χ4n) is 3.45. The van der Waals surface area contributed by atoms with Gasteiger partial charge in [0, 0.05) is 31.2 Å². The summed E-state index contributed by atoms with van der Waals surface area (Å²) < 4.78 is 43.9. The van der Waals surface area contributed by atoms with E-state index in [0.29, 0.717) is 12.5 Å². The van der Waals surface area contributed by atoms with E-state index in [9.17, 15) is 13.2 Å². The molecule has 124 valence electrons. The third-order valence-electron chi connectivity index (χ3n) is 4.98. The van der Waals surface area contributed by atoms with Crippen molar-refractivity contribution in [3.05, 3.63) is 0 Å². The van der Waals surface area contributed by atoms with E-state index in [1.807, 2.05) is 0 Å². The molecular weight excluding hydrogens is 281 g/mol. The number of hydrogen-bond donors (Lipinski definition) is 1. The van der Waals surface area contributed by atoms with Gasteiger partial charge in [-0.1, -0.05) is 6.42 Å². The summed E-state index contributed by atoms with van der Waals surface area (Å²) in [4.78, 5) is 2.35. The third kappa shape index (κ3) is 4.83. The molecule has 0 aromatic carbocycles. The molecule has 2 aliphatic rings. The van der Waals surface area contributed by atoms with Crippen LogP contribution in [0.5, 0.6) is 0 Å². The highest BCUT2D eigenvalue weighted by Crippen LogP contribution is 2.37. The van der Waals surface area contributed by atoms with Crippen LogP contribution in [0, 0.1) is 5.92 Å². The molecule has 0 amide bonds. The summed E-state index contributed by atoms with van der Waals surface area (Å²) in [5, 5.41) is 3.44. The first kappa shape index (κ1) is 17.0. The molecule has 0 aromatic heterocycles. The largest absolute Gasteiger partial charge is 0.391 e. The predicted octanol–water partition coefficient (Wildman–Crippen LogP) is 2.81. The van der Waals surface area contributed by atoms with Crippen LogP contribution in [0.25, 0.3) is 0 Å². The lowest BCUT2D eigenvalue weighted by Crippen LogP contribution is -2.54. The van der Waals surface area contributed by atoms with Crippen molar-refractivity contribution in [2.45, 2.75) is 63.8 Å². The van der Waals surface area contributed by atoms with Crippen molar-refractivity contribution in [1.29, 1.82) is 0 Å². The highest BCUT2D eigenvalue weighted by Gasteiger charge is 2.42. The summed E-state index contributed by atoms with van der Waals surface area (Å²) in [6.07, 6.45) is -2.01. The number of nitrogens with one attached hydrogen (secondary N) is 1. The van der Waals surface area contributed by atoms with Crippen LogP contribution in [0.2, 0.25) is 0 Å². The van der Waals surface area contributed by atoms with Crippen LogP contribution in [-0.4, -0.2) is 55.5 Å². The van der Waals surface area contributed by atoms with Crippen molar-refractivity contribution < 1.29 is 17.9 Å². The first-order chi connectivity index (χ1) is 9.88. The number of alkyl halides is 3. The molecule has 4 atom stereocenters. The van der Waals surface area contributed by atoms with E-state index in [0.717, 1.165) is 32.7 Å². The van der Waals surface area contributed by atoms with Gasteiger partial charge in [0.05, 0.1) is 19.1 Å². The molecular formula is C15H27F3N2O. The Bertz CT molecular complexity index is 319. The zero-order valence-electron chi connectivity index (χ0n) is 13.0. The molecule has 0 spiro atoms. The van der Waals surface area contributed by atoms with Crippen LogP contribution >= 0.6 is 0 Å². The molecule has 1 N–H and O–H groups in total. The Morgan fingerprint density at radius 3 is 2.43 bits per heavy atom. The van der Waals surface area contributed by atoms with E-state index in [4.69, 9.17) is 4.74 Å². The molecule has 1 saturated heterocycles. The Labute approximate surface area is 125 Å². The van der Waals surface area contributed by atoms with Crippen molar-refractivity contribution in [1.82, 2.24) is 10.2 Å². The van der Waals surface area contributed by atoms with Crippen molar-refractivity contribution in [3.63, 3.8) is 0 Å². The zero-order chi connectivity index (χ0) is 15.5. The quantitative estimate of drug-likeness (QED) is 0.864. The average Bonchev–Trinajstić information content (AvgIpc) is 2.47. The number of hydrogen-bond acceptors (Lipinski definition) is 3. The van der Waals surface area contributed by atoms with Crippen molar-refractivity contribution in [2.24, 2.45) is 5.92 Å². The van der Waals surface area contributed by atoms with Gasteiger partial charge in [0.15, 0.2) is 0 Å². The third-order valence-corrected chi connectivity index (χ3v) is 4.98. The summed E-state index contributed by atoms with van der Waals surface area (Å²) in [5.41, 5.74) is 0. The maximum absolute atomic E-state index is 12.9. The number of nitrogens with zero attached hydrogens (tertiary/aromatic N) is 1. The zero-order valence-corrected chi connectivity index (χ0v) is 13.0. The number of halogens is 3. The monoisotopic (exact) mass is 308 g/mol. The number of rotatable bonds is 4. The van der Waals surface area contributed by atoms with Crippen molar-refractivity contribution in [2.75, 3.05) is 26.3 Å².